The van der Waals surface area contributed by atoms with Crippen LogP contribution in [0.5, 0.6) is 0 Å². The van der Waals surface area contributed by atoms with E-state index >= 15 is 0 Å². The van der Waals surface area contributed by atoms with Gasteiger partial charge in [0.2, 0.25) is 0 Å². The first-order chi connectivity index (χ1) is 5.20. The van der Waals surface area contributed by atoms with Crippen LogP contribution in [0.15, 0.2) is 36.0 Å². The number of pyridine rings is 1. The van der Waals surface area contributed by atoms with Gasteiger partial charge in [0, 0.05) is 19.1 Å². The van der Waals surface area contributed by atoms with Crippen LogP contribution in [0.4, 0.5) is 0 Å². The molecule has 0 saturated heterocycles. The molecular weight excluding hydrogens is 193 g/mol. The summed E-state index contributed by atoms with van der Waals surface area (Å²) in [6.45, 7) is 6.37. The van der Waals surface area contributed by atoms with Crippen LogP contribution in [0.25, 0.3) is 0 Å². The molecule has 1 rings (SSSR count). The average Bonchev–Trinajstić information content (AvgIpc) is 1.93. The zero-order valence-electron chi connectivity index (χ0n) is 6.93. The van der Waals surface area contributed by atoms with E-state index in [-0.39, 0.29) is 12.4 Å². The van der Waals surface area contributed by atoms with Gasteiger partial charge in [-0.1, -0.05) is 24.2 Å². The standard InChI is InChI=1S/C9H11ClN.ClH/c1-8(10)7-11-6-4-3-5-9(11)2;/h3-6H,1,7H2,2H3;1H/q+1;/p-1. The molecule has 0 amide bonds. The molecule has 0 atom stereocenters. The van der Waals surface area contributed by atoms with E-state index in [9.17, 15) is 0 Å². The fourth-order valence-electron chi connectivity index (χ4n) is 0.924. The Labute approximate surface area is 84.1 Å². The van der Waals surface area contributed by atoms with Crippen LogP contribution < -0.4 is 17.0 Å². The van der Waals surface area contributed by atoms with Crippen molar-refractivity contribution in [2.24, 2.45) is 0 Å². The molecule has 1 nitrogen and oxygen atoms in total. The Bertz CT molecular complexity index is 271. The van der Waals surface area contributed by atoms with Crippen LogP contribution >= 0.6 is 11.6 Å². The lowest BCUT2D eigenvalue weighted by Crippen LogP contribution is -3.00. The van der Waals surface area contributed by atoms with Gasteiger partial charge in [-0.05, 0) is 0 Å². The second kappa shape index (κ2) is 5.18. The van der Waals surface area contributed by atoms with Gasteiger partial charge in [0.15, 0.2) is 18.4 Å². The number of aryl methyl sites for hydroxylation is 1. The highest BCUT2D eigenvalue weighted by Crippen LogP contribution is 1.96. The summed E-state index contributed by atoms with van der Waals surface area (Å²) in [6, 6.07) is 6.02. The first-order valence-electron chi connectivity index (χ1n) is 3.48. The number of allylic oxidation sites excluding steroid dienone is 1. The van der Waals surface area contributed by atoms with E-state index < -0.39 is 0 Å². The molecule has 1 heterocycles. The first-order valence-corrected chi connectivity index (χ1v) is 3.86. The van der Waals surface area contributed by atoms with E-state index in [1.165, 1.54) is 5.69 Å². The van der Waals surface area contributed by atoms with Gasteiger partial charge in [-0.25, -0.2) is 0 Å². The van der Waals surface area contributed by atoms with Crippen molar-refractivity contribution in [2.75, 3.05) is 0 Å². The van der Waals surface area contributed by atoms with Crippen molar-refractivity contribution in [3.05, 3.63) is 41.7 Å². The largest absolute Gasteiger partial charge is 1.00 e. The number of rotatable bonds is 2. The topological polar surface area (TPSA) is 3.88 Å². The van der Waals surface area contributed by atoms with Gasteiger partial charge >= 0.3 is 0 Å². The van der Waals surface area contributed by atoms with Gasteiger partial charge < -0.3 is 12.4 Å². The van der Waals surface area contributed by atoms with Gasteiger partial charge in [0.1, 0.15) is 0 Å². The molecule has 1 aromatic rings. The first kappa shape index (κ1) is 11.5. The van der Waals surface area contributed by atoms with Crippen molar-refractivity contribution in [1.29, 1.82) is 0 Å². The van der Waals surface area contributed by atoms with Gasteiger partial charge in [-0.2, -0.15) is 4.57 Å². The van der Waals surface area contributed by atoms with Crippen LogP contribution in [0, 0.1) is 6.92 Å². The molecule has 66 valence electrons. The Morgan fingerprint density at radius 2 is 2.25 bits per heavy atom. The minimum Gasteiger partial charge on any atom is -1.00 e. The summed E-state index contributed by atoms with van der Waals surface area (Å²) < 4.78 is 2.05. The SMILES string of the molecule is C=C(Cl)C[n+]1ccccc1C.[Cl-]. The van der Waals surface area contributed by atoms with Crippen molar-refractivity contribution < 1.29 is 17.0 Å². The zero-order chi connectivity index (χ0) is 8.27. The predicted octanol–water partition coefficient (Wildman–Crippen LogP) is -0.961. The lowest BCUT2D eigenvalue weighted by molar-refractivity contribution is -0.693. The van der Waals surface area contributed by atoms with Crippen molar-refractivity contribution in [2.45, 2.75) is 13.5 Å². The van der Waals surface area contributed by atoms with E-state index in [1.807, 2.05) is 31.3 Å². The molecule has 0 aromatic carbocycles. The van der Waals surface area contributed by atoms with Crippen molar-refractivity contribution in [1.82, 2.24) is 0 Å². The Hall–Kier alpha value is -0.530. The summed E-state index contributed by atoms with van der Waals surface area (Å²) in [5.41, 5.74) is 1.19. The third kappa shape index (κ3) is 3.24. The van der Waals surface area contributed by atoms with Crippen LogP contribution in [0.1, 0.15) is 5.69 Å². The molecule has 12 heavy (non-hydrogen) atoms. The Morgan fingerprint density at radius 1 is 1.58 bits per heavy atom. The molecule has 0 unspecified atom stereocenters. The van der Waals surface area contributed by atoms with E-state index in [0.29, 0.717) is 11.6 Å². The number of aromatic nitrogens is 1. The fraction of sp³-hybridized carbons (Fsp3) is 0.222. The summed E-state index contributed by atoms with van der Waals surface area (Å²) in [5.74, 6) is 0. The third-order valence-corrected chi connectivity index (χ3v) is 1.63. The monoisotopic (exact) mass is 203 g/mol. The highest BCUT2D eigenvalue weighted by molar-refractivity contribution is 6.29. The predicted molar refractivity (Wildman–Crippen MR) is 46.4 cm³/mol. The molecule has 0 saturated carbocycles. The summed E-state index contributed by atoms with van der Waals surface area (Å²) in [7, 11) is 0. The lowest BCUT2D eigenvalue weighted by atomic mass is 10.3. The molecule has 0 N–H and O–H groups in total. The molecular formula is C9H11Cl2N. The molecule has 0 aliphatic heterocycles. The highest BCUT2D eigenvalue weighted by Gasteiger charge is 2.03. The van der Waals surface area contributed by atoms with Crippen LogP contribution in [0.3, 0.4) is 0 Å². The average molecular weight is 204 g/mol. The molecule has 1 aromatic heterocycles. The number of hydrogen-bond donors (Lipinski definition) is 0. The molecule has 0 fully saturated rings. The smallest absolute Gasteiger partial charge is 0.183 e. The fourth-order valence-corrected chi connectivity index (χ4v) is 1.05. The second-order valence-electron chi connectivity index (χ2n) is 2.49. The molecule has 0 aliphatic rings. The third-order valence-electron chi connectivity index (χ3n) is 1.51. The minimum absolute atomic E-state index is 0. The molecule has 3 heteroatoms. The van der Waals surface area contributed by atoms with Crippen molar-refractivity contribution >= 4 is 11.6 Å². The van der Waals surface area contributed by atoms with E-state index in [4.69, 9.17) is 11.6 Å². The Morgan fingerprint density at radius 3 is 2.75 bits per heavy atom. The van der Waals surface area contributed by atoms with Crippen LogP contribution in [-0.2, 0) is 6.54 Å². The van der Waals surface area contributed by atoms with Crippen LogP contribution in [-0.4, -0.2) is 0 Å². The summed E-state index contributed by atoms with van der Waals surface area (Å²) in [6.07, 6.45) is 1.99. The zero-order valence-corrected chi connectivity index (χ0v) is 8.44. The van der Waals surface area contributed by atoms with E-state index in [1.54, 1.807) is 0 Å². The molecule has 0 radical (unpaired) electrons. The molecule has 0 aliphatic carbocycles. The molecule has 0 bridgehead atoms. The second-order valence-corrected chi connectivity index (χ2v) is 3.02. The lowest BCUT2D eigenvalue weighted by Gasteiger charge is -1.96. The quantitative estimate of drug-likeness (QED) is 0.546. The maximum atomic E-state index is 5.67. The summed E-state index contributed by atoms with van der Waals surface area (Å²) in [5, 5.41) is 0.657. The van der Waals surface area contributed by atoms with Crippen LogP contribution in [0.2, 0.25) is 0 Å². The summed E-state index contributed by atoms with van der Waals surface area (Å²) in [4.78, 5) is 0. The van der Waals surface area contributed by atoms with Crippen molar-refractivity contribution in [3.8, 4) is 0 Å². The summed E-state index contributed by atoms with van der Waals surface area (Å²) >= 11 is 5.67. The number of hydrogen-bond acceptors (Lipinski definition) is 0. The van der Waals surface area contributed by atoms with Crippen molar-refractivity contribution in [3.63, 3.8) is 0 Å². The Balaban J connectivity index is 0.00000121. The van der Waals surface area contributed by atoms with Gasteiger partial charge in [-0.3, -0.25) is 0 Å². The van der Waals surface area contributed by atoms with E-state index in [2.05, 4.69) is 11.1 Å². The Kier molecular flexibility index (Phi) is 4.95. The van der Waals surface area contributed by atoms with Gasteiger partial charge in [0.05, 0.1) is 5.03 Å². The van der Waals surface area contributed by atoms with Gasteiger partial charge in [0.25, 0.3) is 0 Å². The molecule has 0 spiro atoms. The maximum absolute atomic E-state index is 5.67. The minimum atomic E-state index is 0. The maximum Gasteiger partial charge on any atom is 0.183 e. The van der Waals surface area contributed by atoms with Gasteiger partial charge in [-0.15, -0.1) is 0 Å². The van der Waals surface area contributed by atoms with E-state index in [0.717, 1.165) is 0 Å². The number of nitrogens with zero attached hydrogens (tertiary/aromatic N) is 1. The number of halogens is 2. The highest BCUT2D eigenvalue weighted by atomic mass is 35.5. The normalized spacial score (nSPS) is 8.83.